The normalized spacial score (nSPS) is 16.6. The van der Waals surface area contributed by atoms with Gasteiger partial charge in [0.15, 0.2) is 5.17 Å². The van der Waals surface area contributed by atoms with Crippen LogP contribution in [0.2, 0.25) is 0 Å². The van der Waals surface area contributed by atoms with Crippen LogP contribution in [0.25, 0.3) is 0 Å². The molecular weight excluding hydrogens is 282 g/mol. The number of carboxylic acid groups (broad SMARTS) is 1. The number of thioether (sulfide) groups is 1. The van der Waals surface area contributed by atoms with Crippen LogP contribution in [0.3, 0.4) is 0 Å². The van der Waals surface area contributed by atoms with E-state index in [1.165, 1.54) is 30.1 Å². The monoisotopic (exact) mass is 293 g/mol. The molecule has 1 aliphatic rings. The van der Waals surface area contributed by atoms with E-state index in [1.807, 2.05) is 0 Å². The molecule has 1 amide bonds. The van der Waals surface area contributed by atoms with Crippen molar-refractivity contribution in [2.45, 2.75) is 0 Å². The van der Waals surface area contributed by atoms with Crippen LogP contribution in [0.4, 0.5) is 0 Å². The molecule has 0 atom stereocenters. The minimum atomic E-state index is -0.981. The van der Waals surface area contributed by atoms with Crippen molar-refractivity contribution in [2.75, 3.05) is 12.4 Å². The molecule has 1 saturated heterocycles. The van der Waals surface area contributed by atoms with Crippen LogP contribution in [0.5, 0.6) is 5.75 Å². The Morgan fingerprint density at radius 2 is 2.20 bits per heavy atom. The molecular formula is C12H11N3O4S. The Balaban J connectivity index is 1.78. The van der Waals surface area contributed by atoms with Crippen LogP contribution < -0.4 is 10.1 Å². The highest BCUT2D eigenvalue weighted by Crippen LogP contribution is 2.12. The van der Waals surface area contributed by atoms with Crippen molar-refractivity contribution >= 4 is 35.0 Å². The Morgan fingerprint density at radius 3 is 2.80 bits per heavy atom. The molecule has 1 aliphatic heterocycles. The van der Waals surface area contributed by atoms with E-state index in [4.69, 9.17) is 9.84 Å². The molecule has 1 aromatic carbocycles. The lowest BCUT2D eigenvalue weighted by atomic mass is 10.2. The smallest absolute Gasteiger partial charge is 0.335 e. The molecule has 0 radical (unpaired) electrons. The average molecular weight is 293 g/mol. The number of rotatable bonds is 5. The number of hydrogen-bond donors (Lipinski definition) is 2. The molecule has 0 aliphatic carbocycles. The van der Waals surface area contributed by atoms with Crippen LogP contribution in [-0.4, -0.2) is 40.7 Å². The number of carbonyl (C=O) groups is 2. The van der Waals surface area contributed by atoms with Gasteiger partial charge in [-0.3, -0.25) is 4.79 Å². The molecule has 2 N–H and O–H groups in total. The van der Waals surface area contributed by atoms with E-state index < -0.39 is 5.97 Å². The number of hydrogen-bond acceptors (Lipinski definition) is 6. The first-order valence-electron chi connectivity index (χ1n) is 5.63. The van der Waals surface area contributed by atoms with Crippen LogP contribution >= 0.6 is 11.8 Å². The Morgan fingerprint density at radius 1 is 1.45 bits per heavy atom. The van der Waals surface area contributed by atoms with Gasteiger partial charge in [-0.1, -0.05) is 11.8 Å². The maximum Gasteiger partial charge on any atom is 0.335 e. The van der Waals surface area contributed by atoms with Gasteiger partial charge in [-0.05, 0) is 24.3 Å². The second kappa shape index (κ2) is 6.71. The SMILES string of the molecule is O=C1CSC(=NN=CCOc2ccc(C(=O)O)cc2)N1. The van der Waals surface area contributed by atoms with Gasteiger partial charge in [0.25, 0.3) is 0 Å². The molecule has 8 heteroatoms. The van der Waals surface area contributed by atoms with Gasteiger partial charge in [0.05, 0.1) is 17.5 Å². The second-order valence-electron chi connectivity index (χ2n) is 3.68. The highest BCUT2D eigenvalue weighted by atomic mass is 32.2. The van der Waals surface area contributed by atoms with E-state index in [2.05, 4.69) is 15.5 Å². The summed E-state index contributed by atoms with van der Waals surface area (Å²) < 4.78 is 5.32. The lowest BCUT2D eigenvalue weighted by Crippen LogP contribution is -2.19. The van der Waals surface area contributed by atoms with Gasteiger partial charge in [0, 0.05) is 0 Å². The number of benzene rings is 1. The zero-order valence-electron chi connectivity index (χ0n) is 10.3. The van der Waals surface area contributed by atoms with Gasteiger partial charge in [0.2, 0.25) is 5.91 Å². The number of amidine groups is 1. The summed E-state index contributed by atoms with van der Waals surface area (Å²) >= 11 is 1.29. The third-order valence-electron chi connectivity index (χ3n) is 2.24. The quantitative estimate of drug-likeness (QED) is 0.622. The predicted octanol–water partition coefficient (Wildman–Crippen LogP) is 0.968. The Hall–Kier alpha value is -2.35. The molecule has 104 valence electrons. The van der Waals surface area contributed by atoms with Gasteiger partial charge in [-0.25, -0.2) is 4.79 Å². The lowest BCUT2D eigenvalue weighted by molar-refractivity contribution is -0.116. The fourth-order valence-corrected chi connectivity index (χ4v) is 1.96. The molecule has 20 heavy (non-hydrogen) atoms. The molecule has 1 heterocycles. The van der Waals surface area contributed by atoms with Crippen LogP contribution in [0, 0.1) is 0 Å². The van der Waals surface area contributed by atoms with Crippen LogP contribution in [0.15, 0.2) is 34.5 Å². The molecule has 1 aromatic rings. The maximum atomic E-state index is 10.9. The molecule has 0 spiro atoms. The van der Waals surface area contributed by atoms with Crippen LogP contribution in [0.1, 0.15) is 10.4 Å². The topological polar surface area (TPSA) is 100 Å². The number of carboxylic acids is 1. The first-order chi connectivity index (χ1) is 9.65. The second-order valence-corrected chi connectivity index (χ2v) is 4.64. The van der Waals surface area contributed by atoms with Crippen molar-refractivity contribution in [3.05, 3.63) is 29.8 Å². The van der Waals surface area contributed by atoms with Gasteiger partial charge in [0.1, 0.15) is 12.4 Å². The highest BCUT2D eigenvalue weighted by molar-refractivity contribution is 8.15. The fraction of sp³-hybridized carbons (Fsp3) is 0.167. The first kappa shape index (κ1) is 14.1. The molecule has 2 rings (SSSR count). The molecule has 1 fully saturated rings. The van der Waals surface area contributed by atoms with Gasteiger partial charge >= 0.3 is 5.97 Å². The van der Waals surface area contributed by atoms with Crippen molar-refractivity contribution in [1.82, 2.24) is 5.32 Å². The lowest BCUT2D eigenvalue weighted by Gasteiger charge is -2.02. The van der Waals surface area contributed by atoms with E-state index in [9.17, 15) is 9.59 Å². The van der Waals surface area contributed by atoms with Gasteiger partial charge < -0.3 is 15.2 Å². The van der Waals surface area contributed by atoms with Gasteiger partial charge in [-0.2, -0.15) is 5.10 Å². The molecule has 0 aromatic heterocycles. The fourth-order valence-electron chi connectivity index (χ4n) is 1.33. The van der Waals surface area contributed by atoms with Crippen molar-refractivity contribution < 1.29 is 19.4 Å². The van der Waals surface area contributed by atoms with Crippen molar-refractivity contribution in [3.8, 4) is 5.75 Å². The zero-order chi connectivity index (χ0) is 14.4. The summed E-state index contributed by atoms with van der Waals surface area (Å²) in [5, 5.41) is 19.3. The molecule has 0 bridgehead atoms. The summed E-state index contributed by atoms with van der Waals surface area (Å²) in [5.41, 5.74) is 0.200. The Kier molecular flexibility index (Phi) is 4.72. The summed E-state index contributed by atoms with van der Waals surface area (Å²) in [6.45, 7) is 0.196. The number of ether oxygens (including phenoxy) is 1. The Bertz CT molecular complexity index is 569. The summed E-state index contributed by atoms with van der Waals surface area (Å²) in [6, 6.07) is 6.05. The number of nitrogens with zero attached hydrogens (tertiary/aromatic N) is 2. The third kappa shape index (κ3) is 4.09. The summed E-state index contributed by atoms with van der Waals surface area (Å²) in [7, 11) is 0. The van der Waals surface area contributed by atoms with Crippen molar-refractivity contribution in [2.24, 2.45) is 10.2 Å². The number of aromatic carboxylic acids is 1. The molecule has 0 saturated carbocycles. The standard InChI is InChI=1S/C12H11N3O4S/c16-10-7-20-12(14-10)15-13-5-6-19-9-3-1-8(2-4-9)11(17)18/h1-5H,6-7H2,(H,17,18)(H,14,15,16). The van der Waals surface area contributed by atoms with Crippen LogP contribution in [-0.2, 0) is 4.79 Å². The minimum Gasteiger partial charge on any atom is -0.488 e. The maximum absolute atomic E-state index is 10.9. The molecule has 7 nitrogen and oxygen atoms in total. The van der Waals surface area contributed by atoms with E-state index in [-0.39, 0.29) is 18.1 Å². The van der Waals surface area contributed by atoms with Gasteiger partial charge in [-0.15, -0.1) is 5.10 Å². The van der Waals surface area contributed by atoms with E-state index >= 15 is 0 Å². The zero-order valence-corrected chi connectivity index (χ0v) is 11.1. The van der Waals surface area contributed by atoms with E-state index in [0.717, 1.165) is 0 Å². The summed E-state index contributed by atoms with van der Waals surface area (Å²) in [5.74, 6) is -0.165. The van der Waals surface area contributed by atoms with E-state index in [0.29, 0.717) is 16.7 Å². The molecule has 0 unspecified atom stereocenters. The number of carbonyl (C=O) groups excluding carboxylic acids is 1. The number of amides is 1. The number of nitrogens with one attached hydrogen (secondary N) is 1. The van der Waals surface area contributed by atoms with Crippen molar-refractivity contribution in [3.63, 3.8) is 0 Å². The summed E-state index contributed by atoms with van der Waals surface area (Å²) in [6.07, 6.45) is 1.45. The largest absolute Gasteiger partial charge is 0.488 e. The van der Waals surface area contributed by atoms with E-state index in [1.54, 1.807) is 12.1 Å². The Labute approximate surface area is 118 Å². The first-order valence-corrected chi connectivity index (χ1v) is 6.62. The average Bonchev–Trinajstić information content (AvgIpc) is 2.84. The highest BCUT2D eigenvalue weighted by Gasteiger charge is 2.15. The summed E-state index contributed by atoms with van der Waals surface area (Å²) in [4.78, 5) is 21.5. The van der Waals surface area contributed by atoms with Crippen molar-refractivity contribution in [1.29, 1.82) is 0 Å². The third-order valence-corrected chi connectivity index (χ3v) is 3.11. The minimum absolute atomic E-state index is 0.0845. The predicted molar refractivity (Wildman–Crippen MR) is 75.4 cm³/mol.